The van der Waals surface area contributed by atoms with E-state index in [0.29, 0.717) is 25.8 Å². The fourth-order valence-electron chi connectivity index (χ4n) is 3.53. The molecule has 1 amide bonds. The number of amides is 1. The lowest BCUT2D eigenvalue weighted by Crippen LogP contribution is -2.51. The lowest BCUT2D eigenvalue weighted by Gasteiger charge is -2.36. The number of aliphatic hydroxyl groups is 1. The van der Waals surface area contributed by atoms with E-state index in [2.05, 4.69) is 15.0 Å². The zero-order chi connectivity index (χ0) is 22.3. The molecule has 3 N–H and O–H groups in total. The van der Waals surface area contributed by atoms with Crippen LogP contribution in [0.2, 0.25) is 5.02 Å². The van der Waals surface area contributed by atoms with E-state index in [1.165, 1.54) is 12.1 Å². The SMILES string of the molecule is O=C(Cc1ccncc1)NCC[C@H]1CC[C@H](NS(=O)(=O)c2ccccc2Cl)[C@H](CO)O1. The molecule has 0 unspecified atom stereocenters. The number of aliphatic hydroxyl groups excluding tert-OH is 1. The molecule has 1 aromatic carbocycles. The average molecular weight is 468 g/mol. The quantitative estimate of drug-likeness (QED) is 0.516. The Morgan fingerprint density at radius 2 is 1.94 bits per heavy atom. The van der Waals surface area contributed by atoms with Crippen molar-refractivity contribution < 1.29 is 23.1 Å². The molecule has 168 valence electrons. The van der Waals surface area contributed by atoms with Crippen LogP contribution in [0, 0.1) is 0 Å². The number of benzene rings is 1. The second-order valence-electron chi connectivity index (χ2n) is 7.39. The van der Waals surface area contributed by atoms with Gasteiger partial charge >= 0.3 is 0 Å². The summed E-state index contributed by atoms with van der Waals surface area (Å²) in [5.41, 5.74) is 0.885. The molecular weight excluding hydrogens is 442 g/mol. The summed E-state index contributed by atoms with van der Waals surface area (Å²) in [4.78, 5) is 16.0. The molecule has 1 aliphatic heterocycles. The highest BCUT2D eigenvalue weighted by atomic mass is 35.5. The first-order chi connectivity index (χ1) is 14.9. The van der Waals surface area contributed by atoms with Crippen molar-refractivity contribution in [1.82, 2.24) is 15.0 Å². The molecule has 0 spiro atoms. The van der Waals surface area contributed by atoms with Crippen molar-refractivity contribution in [3.05, 3.63) is 59.4 Å². The summed E-state index contributed by atoms with van der Waals surface area (Å²) in [5.74, 6) is -0.0916. The summed E-state index contributed by atoms with van der Waals surface area (Å²) >= 11 is 6.02. The van der Waals surface area contributed by atoms with Crippen molar-refractivity contribution in [3.8, 4) is 0 Å². The van der Waals surface area contributed by atoms with Crippen LogP contribution < -0.4 is 10.0 Å². The van der Waals surface area contributed by atoms with Crippen molar-refractivity contribution in [2.45, 2.75) is 48.8 Å². The molecule has 2 aromatic rings. The monoisotopic (exact) mass is 467 g/mol. The van der Waals surface area contributed by atoms with Gasteiger partial charge in [-0.05, 0) is 49.1 Å². The maximum atomic E-state index is 12.7. The Balaban J connectivity index is 1.48. The highest BCUT2D eigenvalue weighted by Gasteiger charge is 2.34. The summed E-state index contributed by atoms with van der Waals surface area (Å²) < 4.78 is 33.8. The minimum absolute atomic E-state index is 0.00705. The van der Waals surface area contributed by atoms with E-state index in [9.17, 15) is 18.3 Å². The Hall–Kier alpha value is -2.04. The molecule has 3 rings (SSSR count). The maximum absolute atomic E-state index is 12.7. The van der Waals surface area contributed by atoms with Gasteiger partial charge in [0.2, 0.25) is 15.9 Å². The maximum Gasteiger partial charge on any atom is 0.242 e. The van der Waals surface area contributed by atoms with Gasteiger partial charge in [0.15, 0.2) is 0 Å². The largest absolute Gasteiger partial charge is 0.394 e. The van der Waals surface area contributed by atoms with Gasteiger partial charge in [0.1, 0.15) is 4.90 Å². The van der Waals surface area contributed by atoms with Gasteiger partial charge in [-0.3, -0.25) is 9.78 Å². The predicted octanol–water partition coefficient (Wildman–Crippen LogP) is 1.67. The number of pyridine rings is 1. The number of aromatic nitrogens is 1. The standard InChI is InChI=1S/C21H26ClN3O5S/c22-17-3-1-2-4-20(17)31(28,29)25-18-6-5-16(30-19(18)14-26)9-12-24-21(27)13-15-7-10-23-11-8-15/h1-4,7-8,10-11,16,18-19,25-26H,5-6,9,12-14H2,(H,24,27)/t16-,18+,19+/m1/s1. The molecule has 0 saturated carbocycles. The molecule has 0 bridgehead atoms. The Labute approximate surface area is 187 Å². The van der Waals surface area contributed by atoms with Gasteiger partial charge in [-0.2, -0.15) is 0 Å². The second kappa shape index (κ2) is 11.0. The van der Waals surface area contributed by atoms with E-state index in [0.717, 1.165) is 5.56 Å². The fraction of sp³-hybridized carbons (Fsp3) is 0.429. The number of halogens is 1. The van der Waals surface area contributed by atoms with E-state index >= 15 is 0 Å². The van der Waals surface area contributed by atoms with Crippen molar-refractivity contribution in [1.29, 1.82) is 0 Å². The first kappa shape index (κ1) is 23.6. The summed E-state index contributed by atoms with van der Waals surface area (Å²) in [6, 6.07) is 9.21. The van der Waals surface area contributed by atoms with Crippen molar-refractivity contribution in [2.75, 3.05) is 13.2 Å². The van der Waals surface area contributed by atoms with Gasteiger partial charge in [0.25, 0.3) is 0 Å². The summed E-state index contributed by atoms with van der Waals surface area (Å²) in [6.45, 7) is 0.114. The number of ether oxygens (including phenoxy) is 1. The van der Waals surface area contributed by atoms with Crippen LogP contribution >= 0.6 is 11.6 Å². The van der Waals surface area contributed by atoms with Gasteiger partial charge in [-0.15, -0.1) is 0 Å². The zero-order valence-corrected chi connectivity index (χ0v) is 18.5. The van der Waals surface area contributed by atoms with Gasteiger partial charge in [-0.25, -0.2) is 13.1 Å². The van der Waals surface area contributed by atoms with Crippen LogP contribution in [-0.4, -0.2) is 55.8 Å². The van der Waals surface area contributed by atoms with Crippen molar-refractivity contribution in [2.24, 2.45) is 0 Å². The van der Waals surface area contributed by atoms with E-state index in [1.54, 1.807) is 36.7 Å². The number of carbonyl (C=O) groups excluding carboxylic acids is 1. The minimum Gasteiger partial charge on any atom is -0.394 e. The van der Waals surface area contributed by atoms with Crippen LogP contribution in [0.4, 0.5) is 0 Å². The third-order valence-corrected chi connectivity index (χ3v) is 7.12. The van der Waals surface area contributed by atoms with E-state index < -0.39 is 22.2 Å². The first-order valence-corrected chi connectivity index (χ1v) is 11.9. The second-order valence-corrected chi connectivity index (χ2v) is 9.48. The first-order valence-electron chi connectivity index (χ1n) is 10.1. The number of nitrogens with one attached hydrogen (secondary N) is 2. The molecule has 1 aliphatic rings. The van der Waals surface area contributed by atoms with Crippen LogP contribution in [0.3, 0.4) is 0 Å². The Morgan fingerprint density at radius 3 is 2.65 bits per heavy atom. The van der Waals surface area contributed by atoms with Crippen LogP contribution in [0.15, 0.2) is 53.7 Å². The molecule has 3 atom stereocenters. The van der Waals surface area contributed by atoms with E-state index in [-0.39, 0.29) is 35.0 Å². The number of carbonyl (C=O) groups is 1. The molecule has 1 fully saturated rings. The zero-order valence-electron chi connectivity index (χ0n) is 16.9. The number of sulfonamides is 1. The minimum atomic E-state index is -3.84. The molecular formula is C21H26ClN3O5S. The van der Waals surface area contributed by atoms with Crippen molar-refractivity contribution >= 4 is 27.5 Å². The predicted molar refractivity (Wildman–Crippen MR) is 116 cm³/mol. The molecule has 0 radical (unpaired) electrons. The molecule has 1 aromatic heterocycles. The van der Waals surface area contributed by atoms with E-state index in [1.807, 2.05) is 0 Å². The normalized spacial score (nSPS) is 21.5. The lowest BCUT2D eigenvalue weighted by molar-refractivity contribution is -0.121. The van der Waals surface area contributed by atoms with Crippen LogP contribution in [0.5, 0.6) is 0 Å². The lowest BCUT2D eigenvalue weighted by atomic mass is 9.98. The molecule has 2 heterocycles. The van der Waals surface area contributed by atoms with Crippen LogP contribution in [-0.2, 0) is 26.0 Å². The molecule has 1 saturated heterocycles. The Kier molecular flexibility index (Phi) is 8.39. The third kappa shape index (κ3) is 6.72. The molecule has 0 aliphatic carbocycles. The summed E-state index contributed by atoms with van der Waals surface area (Å²) in [7, 11) is -3.84. The number of hydrogen-bond acceptors (Lipinski definition) is 6. The third-order valence-electron chi connectivity index (χ3n) is 5.13. The van der Waals surface area contributed by atoms with Gasteiger partial charge in [0, 0.05) is 18.9 Å². The highest BCUT2D eigenvalue weighted by Crippen LogP contribution is 2.25. The van der Waals surface area contributed by atoms with Gasteiger partial charge < -0.3 is 15.2 Å². The summed E-state index contributed by atoms with van der Waals surface area (Å²) in [6.07, 6.45) is 4.38. The van der Waals surface area contributed by atoms with E-state index in [4.69, 9.17) is 16.3 Å². The molecule has 8 nitrogen and oxygen atoms in total. The molecule has 10 heteroatoms. The Bertz CT molecular complexity index is 974. The smallest absolute Gasteiger partial charge is 0.242 e. The van der Waals surface area contributed by atoms with Crippen LogP contribution in [0.1, 0.15) is 24.8 Å². The van der Waals surface area contributed by atoms with Gasteiger partial charge in [-0.1, -0.05) is 23.7 Å². The molecule has 31 heavy (non-hydrogen) atoms. The number of rotatable bonds is 9. The Morgan fingerprint density at radius 1 is 1.19 bits per heavy atom. The number of hydrogen-bond donors (Lipinski definition) is 3. The number of nitrogens with zero attached hydrogens (tertiary/aromatic N) is 1. The average Bonchev–Trinajstić information content (AvgIpc) is 2.75. The topological polar surface area (TPSA) is 118 Å². The fourth-order valence-corrected chi connectivity index (χ4v) is 5.34. The highest BCUT2D eigenvalue weighted by molar-refractivity contribution is 7.89. The van der Waals surface area contributed by atoms with Crippen LogP contribution in [0.25, 0.3) is 0 Å². The summed E-state index contributed by atoms with van der Waals surface area (Å²) in [5, 5.41) is 12.7. The van der Waals surface area contributed by atoms with Crippen molar-refractivity contribution in [3.63, 3.8) is 0 Å². The van der Waals surface area contributed by atoms with Gasteiger partial charge in [0.05, 0.1) is 36.3 Å².